The van der Waals surface area contributed by atoms with Gasteiger partial charge in [0.2, 0.25) is 6.20 Å². The van der Waals surface area contributed by atoms with Gasteiger partial charge in [-0.1, -0.05) is 0 Å². The molecule has 52 valence electrons. The second-order valence-electron chi connectivity index (χ2n) is 2.32. The molecule has 1 aliphatic heterocycles. The molecular weight excluding hydrogens is 130 g/mol. The fraction of sp³-hybridized carbons (Fsp3) is 0.286. The van der Waals surface area contributed by atoms with E-state index in [1.807, 2.05) is 6.07 Å². The van der Waals surface area contributed by atoms with E-state index in [1.54, 1.807) is 12.3 Å². The van der Waals surface area contributed by atoms with E-state index < -0.39 is 0 Å². The summed E-state index contributed by atoms with van der Waals surface area (Å²) in [6, 6.07) is 3.75. The van der Waals surface area contributed by atoms with E-state index >= 15 is 0 Å². The highest BCUT2D eigenvalue weighted by Gasteiger charge is 2.21. The van der Waals surface area contributed by atoms with Crippen LogP contribution >= 0.6 is 0 Å². The zero-order chi connectivity index (χ0) is 6.97. The smallest absolute Gasteiger partial charge is 0.265 e. The van der Waals surface area contributed by atoms with Crippen molar-refractivity contribution in [3.63, 3.8) is 0 Å². The maximum atomic E-state index is 9.17. The standard InChI is InChI=1S/C7H8NO2/c9-8-3-1-2-6-4-10-5-7(6)8/h1-3,9H,4-5H2/q+1. The first kappa shape index (κ1) is 5.68. The summed E-state index contributed by atoms with van der Waals surface area (Å²) < 4.78 is 6.23. The average Bonchev–Trinajstić information content (AvgIpc) is 2.36. The van der Waals surface area contributed by atoms with Crippen molar-refractivity contribution in [1.29, 1.82) is 0 Å². The molecule has 0 unspecified atom stereocenters. The Morgan fingerprint density at radius 3 is 3.20 bits per heavy atom. The van der Waals surface area contributed by atoms with Crippen LogP contribution in [0.25, 0.3) is 0 Å². The van der Waals surface area contributed by atoms with Gasteiger partial charge in [0.05, 0.1) is 12.2 Å². The summed E-state index contributed by atoms with van der Waals surface area (Å²) in [5.74, 6) is 0. The third-order valence-corrected chi connectivity index (χ3v) is 1.67. The predicted octanol–water partition coefficient (Wildman–Crippen LogP) is 0.242. The Morgan fingerprint density at radius 1 is 1.50 bits per heavy atom. The Labute approximate surface area is 58.4 Å². The van der Waals surface area contributed by atoms with Crippen molar-refractivity contribution >= 4 is 0 Å². The van der Waals surface area contributed by atoms with Gasteiger partial charge in [0.1, 0.15) is 6.61 Å². The van der Waals surface area contributed by atoms with Crippen LogP contribution in [0.1, 0.15) is 11.3 Å². The molecule has 0 amide bonds. The number of pyridine rings is 1. The SMILES string of the molecule is O[n+]1cccc2c1COC2. The number of nitrogens with zero attached hydrogens (tertiary/aromatic N) is 1. The largest absolute Gasteiger partial charge is 0.365 e. The van der Waals surface area contributed by atoms with Crippen LogP contribution in [0.3, 0.4) is 0 Å². The van der Waals surface area contributed by atoms with Crippen molar-refractivity contribution in [2.24, 2.45) is 0 Å². The van der Waals surface area contributed by atoms with Crippen LogP contribution in [-0.2, 0) is 18.0 Å². The summed E-state index contributed by atoms with van der Waals surface area (Å²) in [6.07, 6.45) is 1.60. The molecule has 3 nitrogen and oxygen atoms in total. The zero-order valence-corrected chi connectivity index (χ0v) is 5.45. The van der Waals surface area contributed by atoms with Crippen molar-refractivity contribution in [3.8, 4) is 0 Å². The summed E-state index contributed by atoms with van der Waals surface area (Å²) in [4.78, 5) is 0. The van der Waals surface area contributed by atoms with Gasteiger partial charge in [-0.2, -0.15) is 0 Å². The number of hydrogen-bond acceptors (Lipinski definition) is 2. The molecule has 1 aromatic heterocycles. The van der Waals surface area contributed by atoms with Crippen LogP contribution in [0.15, 0.2) is 18.3 Å². The van der Waals surface area contributed by atoms with Crippen LogP contribution in [0.4, 0.5) is 0 Å². The van der Waals surface area contributed by atoms with Gasteiger partial charge in [-0.05, 0) is 6.07 Å². The Morgan fingerprint density at radius 2 is 2.40 bits per heavy atom. The highest BCUT2D eigenvalue weighted by atomic mass is 16.5. The molecule has 0 aromatic carbocycles. The van der Waals surface area contributed by atoms with Crippen LogP contribution in [0, 0.1) is 0 Å². The lowest BCUT2D eigenvalue weighted by Gasteiger charge is -1.88. The molecule has 3 heteroatoms. The van der Waals surface area contributed by atoms with Crippen LogP contribution in [0.2, 0.25) is 0 Å². The molecule has 1 aromatic rings. The van der Waals surface area contributed by atoms with E-state index in [2.05, 4.69) is 0 Å². The van der Waals surface area contributed by atoms with E-state index in [4.69, 9.17) is 9.94 Å². The quantitative estimate of drug-likeness (QED) is 0.411. The fourth-order valence-corrected chi connectivity index (χ4v) is 1.12. The van der Waals surface area contributed by atoms with Crippen molar-refractivity contribution in [3.05, 3.63) is 29.6 Å². The van der Waals surface area contributed by atoms with Gasteiger partial charge in [-0.15, -0.1) is 0 Å². The number of hydrogen-bond donors (Lipinski definition) is 1. The lowest BCUT2D eigenvalue weighted by atomic mass is 10.2. The van der Waals surface area contributed by atoms with Crippen molar-refractivity contribution in [2.75, 3.05) is 0 Å². The Bertz CT molecular complexity index is 260. The molecule has 10 heavy (non-hydrogen) atoms. The molecule has 0 bridgehead atoms. The number of rotatable bonds is 0. The maximum Gasteiger partial charge on any atom is 0.265 e. The lowest BCUT2D eigenvalue weighted by molar-refractivity contribution is -0.910. The van der Waals surface area contributed by atoms with Crippen molar-refractivity contribution in [1.82, 2.24) is 0 Å². The fourth-order valence-electron chi connectivity index (χ4n) is 1.12. The molecule has 0 fully saturated rings. The second-order valence-corrected chi connectivity index (χ2v) is 2.32. The third-order valence-electron chi connectivity index (χ3n) is 1.67. The van der Waals surface area contributed by atoms with E-state index in [0.29, 0.717) is 13.2 Å². The molecule has 0 aliphatic carbocycles. The highest BCUT2D eigenvalue weighted by Crippen LogP contribution is 2.13. The molecule has 2 rings (SSSR count). The van der Waals surface area contributed by atoms with E-state index in [1.165, 1.54) is 0 Å². The molecule has 1 aliphatic rings. The summed E-state index contributed by atoms with van der Waals surface area (Å²) in [5, 5.41) is 9.17. The van der Waals surface area contributed by atoms with Crippen molar-refractivity contribution in [2.45, 2.75) is 13.2 Å². The minimum Gasteiger partial charge on any atom is -0.365 e. The summed E-state index contributed by atoms with van der Waals surface area (Å²) >= 11 is 0. The van der Waals surface area contributed by atoms with Gasteiger partial charge in [-0.3, -0.25) is 5.21 Å². The monoisotopic (exact) mass is 138 g/mol. The first-order valence-electron chi connectivity index (χ1n) is 3.17. The minimum atomic E-state index is 0.521. The zero-order valence-electron chi connectivity index (χ0n) is 5.45. The molecule has 0 saturated heterocycles. The normalized spacial score (nSPS) is 15.2. The molecule has 2 heterocycles. The van der Waals surface area contributed by atoms with Gasteiger partial charge in [-0.25, -0.2) is 0 Å². The minimum absolute atomic E-state index is 0.521. The van der Waals surface area contributed by atoms with E-state index in [-0.39, 0.29) is 0 Å². The Kier molecular flexibility index (Phi) is 1.11. The van der Waals surface area contributed by atoms with Crippen LogP contribution in [0.5, 0.6) is 0 Å². The van der Waals surface area contributed by atoms with Crippen molar-refractivity contribution < 1.29 is 14.7 Å². The number of fused-ring (bicyclic) bond motifs is 1. The van der Waals surface area contributed by atoms with E-state index in [0.717, 1.165) is 16.0 Å². The average molecular weight is 138 g/mol. The molecule has 0 saturated carbocycles. The first-order chi connectivity index (χ1) is 4.88. The van der Waals surface area contributed by atoms with E-state index in [9.17, 15) is 0 Å². The van der Waals surface area contributed by atoms with Crippen LogP contribution < -0.4 is 4.73 Å². The topological polar surface area (TPSA) is 33.3 Å². The lowest BCUT2D eigenvalue weighted by Crippen LogP contribution is -2.34. The Balaban J connectivity index is 2.59. The molecular formula is C7H8NO2+. The second kappa shape index (κ2) is 1.95. The summed E-state index contributed by atoms with van der Waals surface area (Å²) in [7, 11) is 0. The van der Waals surface area contributed by atoms with Gasteiger partial charge >= 0.3 is 0 Å². The number of aromatic nitrogens is 1. The van der Waals surface area contributed by atoms with Gasteiger partial charge in [0, 0.05) is 10.8 Å². The van der Waals surface area contributed by atoms with Gasteiger partial charge in [0.25, 0.3) is 5.69 Å². The maximum absolute atomic E-state index is 9.17. The number of ether oxygens (including phenoxy) is 1. The molecule has 0 spiro atoms. The summed E-state index contributed by atoms with van der Waals surface area (Å²) in [6.45, 7) is 1.14. The van der Waals surface area contributed by atoms with Crippen LogP contribution in [-0.4, -0.2) is 5.21 Å². The molecule has 0 radical (unpaired) electrons. The third kappa shape index (κ3) is 0.675. The molecule has 1 N–H and O–H groups in total. The first-order valence-corrected chi connectivity index (χ1v) is 3.17. The Hall–Kier alpha value is -1.09. The predicted molar refractivity (Wildman–Crippen MR) is 32.3 cm³/mol. The van der Waals surface area contributed by atoms with Gasteiger partial charge < -0.3 is 4.74 Å². The highest BCUT2D eigenvalue weighted by molar-refractivity contribution is 5.16. The molecule has 0 atom stereocenters. The summed E-state index contributed by atoms with van der Waals surface area (Å²) in [5.41, 5.74) is 1.94. The van der Waals surface area contributed by atoms with Gasteiger partial charge in [0.15, 0.2) is 0 Å².